The van der Waals surface area contributed by atoms with Crippen molar-refractivity contribution >= 4 is 45.9 Å². The fraction of sp³-hybridized carbons (Fsp3) is 0.0909. The van der Waals surface area contributed by atoms with Gasteiger partial charge in [-0.2, -0.15) is 0 Å². The average Bonchev–Trinajstić information content (AvgIpc) is 3.18. The van der Waals surface area contributed by atoms with Crippen LogP contribution in [0.15, 0.2) is 59.0 Å². The highest BCUT2D eigenvalue weighted by atomic mass is 35.5. The zero-order valence-corrected chi connectivity index (χ0v) is 17.5. The standard InChI is InChI=1S/C22H16Cl2N2O4/c1-28-18-4-3-5-19(29-2)20(18)21(27)25-13-7-9-17-16(11-13)26-22(30-17)12-6-8-14(23)15(24)10-12/h3-11H,1-2H3,(H,25,27). The first kappa shape index (κ1) is 20.1. The van der Waals surface area contributed by atoms with E-state index in [-0.39, 0.29) is 5.91 Å². The third-order valence-corrected chi connectivity index (χ3v) is 5.21. The van der Waals surface area contributed by atoms with Gasteiger partial charge in [0.25, 0.3) is 5.91 Å². The van der Waals surface area contributed by atoms with Crippen LogP contribution in [0, 0.1) is 0 Å². The van der Waals surface area contributed by atoms with Crippen molar-refractivity contribution in [2.45, 2.75) is 0 Å². The molecule has 0 atom stereocenters. The third-order valence-electron chi connectivity index (χ3n) is 4.47. The summed E-state index contributed by atoms with van der Waals surface area (Å²) in [5, 5.41) is 3.71. The molecule has 1 aromatic heterocycles. The van der Waals surface area contributed by atoms with Crippen LogP contribution in [0.25, 0.3) is 22.6 Å². The van der Waals surface area contributed by atoms with Gasteiger partial charge in [-0.05, 0) is 48.5 Å². The average molecular weight is 443 g/mol. The summed E-state index contributed by atoms with van der Waals surface area (Å²) in [6, 6.07) is 15.5. The van der Waals surface area contributed by atoms with E-state index in [0.29, 0.717) is 55.3 Å². The number of aromatic nitrogens is 1. The quantitative estimate of drug-likeness (QED) is 0.405. The minimum Gasteiger partial charge on any atom is -0.496 e. The zero-order chi connectivity index (χ0) is 21.3. The van der Waals surface area contributed by atoms with Gasteiger partial charge in [0.15, 0.2) is 5.58 Å². The first-order valence-corrected chi connectivity index (χ1v) is 9.64. The summed E-state index contributed by atoms with van der Waals surface area (Å²) in [5.74, 6) is 0.864. The molecule has 3 aromatic carbocycles. The highest BCUT2D eigenvalue weighted by molar-refractivity contribution is 6.42. The molecule has 0 fully saturated rings. The molecule has 1 amide bonds. The number of halogens is 2. The predicted molar refractivity (Wildman–Crippen MR) is 117 cm³/mol. The molecule has 1 heterocycles. The molecule has 152 valence electrons. The monoisotopic (exact) mass is 442 g/mol. The molecule has 1 N–H and O–H groups in total. The van der Waals surface area contributed by atoms with Gasteiger partial charge in [-0.1, -0.05) is 29.3 Å². The number of ether oxygens (including phenoxy) is 2. The van der Waals surface area contributed by atoms with Crippen molar-refractivity contribution in [2.24, 2.45) is 0 Å². The van der Waals surface area contributed by atoms with Crippen LogP contribution in [0.2, 0.25) is 10.0 Å². The minimum absolute atomic E-state index is 0.305. The van der Waals surface area contributed by atoms with Crippen molar-refractivity contribution in [3.05, 3.63) is 70.2 Å². The number of carbonyl (C=O) groups excluding carboxylic acids is 1. The number of hydrogen-bond acceptors (Lipinski definition) is 5. The Kier molecular flexibility index (Phi) is 5.53. The molecule has 0 saturated heterocycles. The lowest BCUT2D eigenvalue weighted by molar-refractivity contribution is 0.102. The molecule has 0 aliphatic carbocycles. The molecule has 4 rings (SSSR count). The number of nitrogens with one attached hydrogen (secondary N) is 1. The van der Waals surface area contributed by atoms with E-state index >= 15 is 0 Å². The first-order chi connectivity index (χ1) is 14.5. The Labute approximate surface area is 182 Å². The summed E-state index contributed by atoms with van der Waals surface area (Å²) in [7, 11) is 3.00. The highest BCUT2D eigenvalue weighted by Crippen LogP contribution is 2.32. The van der Waals surface area contributed by atoms with Crippen LogP contribution in [-0.2, 0) is 0 Å². The Morgan fingerprint density at radius 1 is 0.967 bits per heavy atom. The highest BCUT2D eigenvalue weighted by Gasteiger charge is 2.19. The Balaban J connectivity index is 1.65. The summed E-state index contributed by atoms with van der Waals surface area (Å²) in [5.41, 5.74) is 2.71. The van der Waals surface area contributed by atoms with Crippen molar-refractivity contribution in [1.82, 2.24) is 4.98 Å². The van der Waals surface area contributed by atoms with Gasteiger partial charge in [0.1, 0.15) is 22.6 Å². The fourth-order valence-electron chi connectivity index (χ4n) is 3.03. The lowest BCUT2D eigenvalue weighted by Gasteiger charge is -2.12. The molecular weight excluding hydrogens is 427 g/mol. The van der Waals surface area contributed by atoms with Crippen LogP contribution in [0.3, 0.4) is 0 Å². The maximum Gasteiger partial charge on any atom is 0.263 e. The van der Waals surface area contributed by atoms with Gasteiger partial charge in [-0.15, -0.1) is 0 Å². The summed E-state index contributed by atoms with van der Waals surface area (Å²) >= 11 is 12.1. The van der Waals surface area contributed by atoms with Crippen LogP contribution in [-0.4, -0.2) is 25.1 Å². The summed E-state index contributed by atoms with van der Waals surface area (Å²) in [4.78, 5) is 17.4. The van der Waals surface area contributed by atoms with Gasteiger partial charge in [0, 0.05) is 11.3 Å². The molecule has 30 heavy (non-hydrogen) atoms. The van der Waals surface area contributed by atoms with E-state index < -0.39 is 0 Å². The maximum atomic E-state index is 12.9. The number of hydrogen-bond donors (Lipinski definition) is 1. The van der Waals surface area contributed by atoms with Gasteiger partial charge in [0.2, 0.25) is 5.89 Å². The third kappa shape index (κ3) is 3.79. The van der Waals surface area contributed by atoms with E-state index in [1.54, 1.807) is 54.6 Å². The summed E-state index contributed by atoms with van der Waals surface area (Å²) < 4.78 is 16.4. The van der Waals surface area contributed by atoms with Crippen molar-refractivity contribution in [2.75, 3.05) is 19.5 Å². The van der Waals surface area contributed by atoms with Gasteiger partial charge in [-0.25, -0.2) is 4.98 Å². The van der Waals surface area contributed by atoms with Crippen molar-refractivity contribution in [1.29, 1.82) is 0 Å². The molecule has 8 heteroatoms. The molecule has 4 aromatic rings. The molecule has 0 aliphatic rings. The van der Waals surface area contributed by atoms with Gasteiger partial charge in [0.05, 0.1) is 24.3 Å². The molecule has 0 spiro atoms. The number of oxazole rings is 1. The van der Waals surface area contributed by atoms with Crippen LogP contribution in [0.1, 0.15) is 10.4 Å². The van der Waals surface area contributed by atoms with Gasteiger partial charge >= 0.3 is 0 Å². The van der Waals surface area contributed by atoms with Gasteiger partial charge in [-0.3, -0.25) is 4.79 Å². The van der Waals surface area contributed by atoms with E-state index in [1.165, 1.54) is 14.2 Å². The lowest BCUT2D eigenvalue weighted by atomic mass is 10.1. The normalized spacial score (nSPS) is 10.8. The number of amides is 1. The van der Waals surface area contributed by atoms with Crippen LogP contribution in [0.5, 0.6) is 11.5 Å². The fourth-order valence-corrected chi connectivity index (χ4v) is 3.32. The van der Waals surface area contributed by atoms with Crippen LogP contribution in [0.4, 0.5) is 5.69 Å². The van der Waals surface area contributed by atoms with E-state index in [1.807, 2.05) is 0 Å². The largest absolute Gasteiger partial charge is 0.496 e. The number of fused-ring (bicyclic) bond motifs is 1. The van der Waals surface area contributed by atoms with Crippen LogP contribution >= 0.6 is 23.2 Å². The zero-order valence-electron chi connectivity index (χ0n) is 16.0. The molecule has 0 unspecified atom stereocenters. The number of methoxy groups -OCH3 is 2. The van der Waals surface area contributed by atoms with E-state index in [4.69, 9.17) is 37.1 Å². The Morgan fingerprint density at radius 3 is 2.37 bits per heavy atom. The van der Waals surface area contributed by atoms with E-state index in [0.717, 1.165) is 0 Å². The second-order valence-electron chi connectivity index (χ2n) is 6.32. The molecule has 0 saturated carbocycles. The molecule has 6 nitrogen and oxygen atoms in total. The van der Waals surface area contributed by atoms with Crippen LogP contribution < -0.4 is 14.8 Å². The number of rotatable bonds is 5. The predicted octanol–water partition coefficient (Wildman–Crippen LogP) is 6.07. The Morgan fingerprint density at radius 2 is 1.70 bits per heavy atom. The summed E-state index contributed by atoms with van der Waals surface area (Å²) in [6.45, 7) is 0. The Hall–Kier alpha value is -3.22. The number of nitrogens with zero attached hydrogens (tertiary/aromatic N) is 1. The lowest BCUT2D eigenvalue weighted by Crippen LogP contribution is -2.14. The second-order valence-corrected chi connectivity index (χ2v) is 7.14. The summed E-state index contributed by atoms with van der Waals surface area (Å²) in [6.07, 6.45) is 0. The maximum absolute atomic E-state index is 12.9. The Bertz CT molecular complexity index is 1230. The smallest absolute Gasteiger partial charge is 0.263 e. The van der Waals surface area contributed by atoms with Crippen molar-refractivity contribution in [3.63, 3.8) is 0 Å². The molecule has 0 aliphatic heterocycles. The van der Waals surface area contributed by atoms with E-state index in [9.17, 15) is 4.79 Å². The number of carbonyl (C=O) groups is 1. The molecule has 0 bridgehead atoms. The first-order valence-electron chi connectivity index (χ1n) is 8.88. The molecular formula is C22H16Cl2N2O4. The van der Waals surface area contributed by atoms with Crippen molar-refractivity contribution < 1.29 is 18.7 Å². The second kappa shape index (κ2) is 8.26. The number of anilines is 1. The van der Waals surface area contributed by atoms with Crippen molar-refractivity contribution in [3.8, 4) is 23.0 Å². The topological polar surface area (TPSA) is 73.6 Å². The van der Waals surface area contributed by atoms with Gasteiger partial charge < -0.3 is 19.2 Å². The molecule has 0 radical (unpaired) electrons. The number of benzene rings is 3. The minimum atomic E-state index is -0.364. The van der Waals surface area contributed by atoms with E-state index in [2.05, 4.69) is 10.3 Å². The SMILES string of the molecule is COc1cccc(OC)c1C(=O)Nc1ccc2oc(-c3ccc(Cl)c(Cl)c3)nc2c1.